The quantitative estimate of drug-likeness (QED) is 0.811. The molecule has 1 N–H and O–H groups in total. The molecule has 0 aliphatic carbocycles. The predicted octanol–water partition coefficient (Wildman–Crippen LogP) is 2.19. The Morgan fingerprint density at radius 1 is 1.68 bits per heavy atom. The van der Waals surface area contributed by atoms with Gasteiger partial charge in [-0.3, -0.25) is 4.79 Å². The van der Waals surface area contributed by atoms with Crippen LogP contribution < -0.4 is 0 Å². The van der Waals surface area contributed by atoms with Crippen molar-refractivity contribution in [1.82, 2.24) is 9.55 Å². The van der Waals surface area contributed by atoms with Crippen LogP contribution in [-0.2, 0) is 22.5 Å². The summed E-state index contributed by atoms with van der Waals surface area (Å²) >= 11 is 1.27. The zero-order chi connectivity index (χ0) is 13.9. The summed E-state index contributed by atoms with van der Waals surface area (Å²) in [6.45, 7) is 5.75. The number of aryl methyl sites for hydroxylation is 1. The molecule has 0 saturated carbocycles. The number of imidazole rings is 1. The molecule has 5 nitrogen and oxygen atoms in total. The molecule has 1 fully saturated rings. The van der Waals surface area contributed by atoms with Gasteiger partial charge >= 0.3 is 5.97 Å². The number of hydrogen-bond acceptors (Lipinski definition) is 4. The Morgan fingerprint density at radius 2 is 2.47 bits per heavy atom. The van der Waals surface area contributed by atoms with E-state index >= 15 is 0 Å². The highest BCUT2D eigenvalue weighted by molar-refractivity contribution is 7.99. The van der Waals surface area contributed by atoms with Gasteiger partial charge in [0.05, 0.1) is 17.9 Å². The van der Waals surface area contributed by atoms with Gasteiger partial charge in [0, 0.05) is 18.5 Å². The van der Waals surface area contributed by atoms with Crippen LogP contribution in [0.4, 0.5) is 0 Å². The van der Waals surface area contributed by atoms with Crippen molar-refractivity contribution < 1.29 is 14.6 Å². The number of carbonyl (C=O) groups is 1. The zero-order valence-corrected chi connectivity index (χ0v) is 12.2. The van der Waals surface area contributed by atoms with Crippen LogP contribution in [0.25, 0.3) is 0 Å². The molecule has 0 amide bonds. The van der Waals surface area contributed by atoms with Crippen molar-refractivity contribution in [2.24, 2.45) is 0 Å². The number of carboxylic acids is 1. The Labute approximate surface area is 117 Å². The van der Waals surface area contributed by atoms with Crippen molar-refractivity contribution in [2.45, 2.75) is 50.4 Å². The van der Waals surface area contributed by atoms with Gasteiger partial charge in [-0.15, -0.1) is 0 Å². The number of thioether (sulfide) groups is 1. The molecule has 0 radical (unpaired) electrons. The average molecular weight is 284 g/mol. The van der Waals surface area contributed by atoms with E-state index in [1.165, 1.54) is 11.8 Å². The largest absolute Gasteiger partial charge is 0.481 e. The minimum Gasteiger partial charge on any atom is -0.481 e. The van der Waals surface area contributed by atoms with Crippen LogP contribution in [-0.4, -0.2) is 38.6 Å². The molecule has 0 aromatic carbocycles. The summed E-state index contributed by atoms with van der Waals surface area (Å²) in [5.41, 5.74) is 0.980. The first-order chi connectivity index (χ1) is 9.04. The molecule has 1 saturated heterocycles. The van der Waals surface area contributed by atoms with E-state index in [0.29, 0.717) is 0 Å². The van der Waals surface area contributed by atoms with Gasteiger partial charge in [-0.1, -0.05) is 18.7 Å². The lowest BCUT2D eigenvalue weighted by Gasteiger charge is -2.25. The topological polar surface area (TPSA) is 64.3 Å². The Kier molecular flexibility index (Phi) is 4.52. The molecular formula is C13H20N2O3S. The number of aromatic nitrogens is 2. The second-order valence-electron chi connectivity index (χ2n) is 5.06. The summed E-state index contributed by atoms with van der Waals surface area (Å²) in [4.78, 5) is 15.0. The van der Waals surface area contributed by atoms with Crippen LogP contribution in [0, 0.1) is 0 Å². The molecule has 106 valence electrons. The normalized spacial score (nSPS) is 22.8. The van der Waals surface area contributed by atoms with Crippen molar-refractivity contribution in [3.63, 3.8) is 0 Å². The molecule has 6 heteroatoms. The number of rotatable bonds is 6. The summed E-state index contributed by atoms with van der Waals surface area (Å²) < 4.78 is 7.93. The number of ether oxygens (including phenoxy) is 1. The van der Waals surface area contributed by atoms with Crippen molar-refractivity contribution >= 4 is 17.7 Å². The smallest absolute Gasteiger partial charge is 0.313 e. The second-order valence-corrected chi connectivity index (χ2v) is 6.00. The highest BCUT2D eigenvalue weighted by Gasteiger charge is 2.31. The van der Waals surface area contributed by atoms with Gasteiger partial charge in [0.15, 0.2) is 5.16 Å². The summed E-state index contributed by atoms with van der Waals surface area (Å²) in [7, 11) is 0. The maximum atomic E-state index is 10.7. The molecule has 1 atom stereocenters. The fourth-order valence-electron chi connectivity index (χ4n) is 2.38. The summed E-state index contributed by atoms with van der Waals surface area (Å²) in [5.74, 6) is -0.779. The zero-order valence-electron chi connectivity index (χ0n) is 11.4. The van der Waals surface area contributed by atoms with Gasteiger partial charge in [0.2, 0.25) is 0 Å². The first-order valence-electron chi connectivity index (χ1n) is 6.57. The molecule has 1 aliphatic heterocycles. The van der Waals surface area contributed by atoms with Gasteiger partial charge in [-0.25, -0.2) is 4.98 Å². The third-order valence-corrected chi connectivity index (χ3v) is 4.36. The first kappa shape index (κ1) is 14.4. The summed E-state index contributed by atoms with van der Waals surface area (Å²) in [6.07, 6.45) is 4.85. The highest BCUT2D eigenvalue weighted by Crippen LogP contribution is 2.30. The Morgan fingerprint density at radius 3 is 3.05 bits per heavy atom. The van der Waals surface area contributed by atoms with E-state index in [2.05, 4.69) is 23.4 Å². The van der Waals surface area contributed by atoms with E-state index in [0.717, 1.165) is 43.3 Å². The molecule has 19 heavy (non-hydrogen) atoms. The minimum absolute atomic E-state index is 0.0394. The SMILES string of the molecule is CCc1cnc(SCC(=O)O)n1CC1(C)CCCO1. The average Bonchev–Trinajstić information content (AvgIpc) is 2.94. The van der Waals surface area contributed by atoms with Crippen LogP contribution in [0.3, 0.4) is 0 Å². The molecular weight excluding hydrogens is 264 g/mol. The van der Waals surface area contributed by atoms with Crippen LogP contribution in [0.2, 0.25) is 0 Å². The molecule has 1 aliphatic rings. The van der Waals surface area contributed by atoms with Crippen molar-refractivity contribution in [3.8, 4) is 0 Å². The van der Waals surface area contributed by atoms with E-state index in [9.17, 15) is 4.79 Å². The van der Waals surface area contributed by atoms with Crippen molar-refractivity contribution in [3.05, 3.63) is 11.9 Å². The molecule has 0 bridgehead atoms. The molecule has 1 aromatic rings. The second kappa shape index (κ2) is 5.96. The van der Waals surface area contributed by atoms with E-state index in [4.69, 9.17) is 9.84 Å². The predicted molar refractivity (Wildman–Crippen MR) is 73.6 cm³/mol. The monoisotopic (exact) mass is 284 g/mol. The van der Waals surface area contributed by atoms with Gasteiger partial charge in [-0.05, 0) is 26.2 Å². The summed E-state index contributed by atoms with van der Waals surface area (Å²) in [5, 5.41) is 9.56. The Bertz CT molecular complexity index is 453. The minimum atomic E-state index is -0.819. The van der Waals surface area contributed by atoms with E-state index in [-0.39, 0.29) is 11.4 Å². The standard InChI is InChI=1S/C13H20N2O3S/c1-3-10-7-14-12(19-8-11(16)17)15(10)9-13(2)5-4-6-18-13/h7H,3-6,8-9H2,1-2H3,(H,16,17). The Hall–Kier alpha value is -1.01. The molecule has 1 aromatic heterocycles. The molecule has 2 rings (SSSR count). The lowest BCUT2D eigenvalue weighted by Crippen LogP contribution is -2.30. The lowest BCUT2D eigenvalue weighted by atomic mass is 10.0. The lowest BCUT2D eigenvalue weighted by molar-refractivity contribution is -0.133. The maximum Gasteiger partial charge on any atom is 0.313 e. The van der Waals surface area contributed by atoms with E-state index < -0.39 is 5.97 Å². The third-order valence-electron chi connectivity index (χ3n) is 3.38. The number of nitrogens with zero attached hydrogens (tertiary/aromatic N) is 2. The van der Waals surface area contributed by atoms with Gasteiger partial charge in [0.25, 0.3) is 0 Å². The number of hydrogen-bond donors (Lipinski definition) is 1. The van der Waals surface area contributed by atoms with Crippen molar-refractivity contribution in [2.75, 3.05) is 12.4 Å². The maximum absolute atomic E-state index is 10.7. The van der Waals surface area contributed by atoms with Crippen LogP contribution in [0.5, 0.6) is 0 Å². The molecule has 1 unspecified atom stereocenters. The number of carboxylic acid groups (broad SMARTS) is 1. The van der Waals surface area contributed by atoms with Gasteiger partial charge in [-0.2, -0.15) is 0 Å². The van der Waals surface area contributed by atoms with Gasteiger partial charge < -0.3 is 14.4 Å². The van der Waals surface area contributed by atoms with Crippen LogP contribution in [0.15, 0.2) is 11.4 Å². The summed E-state index contributed by atoms with van der Waals surface area (Å²) in [6, 6.07) is 0. The number of aliphatic carboxylic acids is 1. The van der Waals surface area contributed by atoms with Crippen molar-refractivity contribution in [1.29, 1.82) is 0 Å². The van der Waals surface area contributed by atoms with E-state index in [1.807, 2.05) is 6.20 Å². The Balaban J connectivity index is 2.16. The van der Waals surface area contributed by atoms with E-state index in [1.54, 1.807) is 0 Å². The fourth-order valence-corrected chi connectivity index (χ4v) is 3.10. The fraction of sp³-hybridized carbons (Fsp3) is 0.692. The van der Waals surface area contributed by atoms with Gasteiger partial charge in [0.1, 0.15) is 0 Å². The molecule has 0 spiro atoms. The van der Waals surface area contributed by atoms with Crippen LogP contribution in [0.1, 0.15) is 32.4 Å². The third kappa shape index (κ3) is 3.51. The first-order valence-corrected chi connectivity index (χ1v) is 7.55. The van der Waals surface area contributed by atoms with Crippen LogP contribution >= 0.6 is 11.8 Å². The molecule has 2 heterocycles. The highest BCUT2D eigenvalue weighted by atomic mass is 32.2.